The molecular formula is C18H18O2S. The fraction of sp³-hybridized carbons (Fsp3) is 0.278. The molecule has 1 heterocycles. The number of esters is 1. The first-order valence-corrected chi connectivity index (χ1v) is 8.17. The van der Waals surface area contributed by atoms with Gasteiger partial charge >= 0.3 is 5.97 Å². The molecule has 0 amide bonds. The van der Waals surface area contributed by atoms with Crippen molar-refractivity contribution in [2.45, 2.75) is 35.5 Å². The summed E-state index contributed by atoms with van der Waals surface area (Å²) in [7, 11) is 0. The Morgan fingerprint density at radius 2 is 1.67 bits per heavy atom. The summed E-state index contributed by atoms with van der Waals surface area (Å²) >= 11 is 1.77. The Hall–Kier alpha value is -1.74. The van der Waals surface area contributed by atoms with E-state index in [4.69, 9.17) is 4.74 Å². The van der Waals surface area contributed by atoms with Gasteiger partial charge in [0.25, 0.3) is 0 Å². The molecule has 2 nitrogen and oxygen atoms in total. The zero-order valence-corrected chi connectivity index (χ0v) is 12.6. The van der Waals surface area contributed by atoms with E-state index >= 15 is 0 Å². The number of carbonyl (C=O) groups is 1. The van der Waals surface area contributed by atoms with Crippen molar-refractivity contribution in [3.8, 4) is 0 Å². The van der Waals surface area contributed by atoms with Gasteiger partial charge in [0.15, 0.2) is 0 Å². The van der Waals surface area contributed by atoms with Gasteiger partial charge in [-0.3, -0.25) is 4.79 Å². The lowest BCUT2D eigenvalue weighted by Gasteiger charge is -2.30. The van der Waals surface area contributed by atoms with E-state index in [-0.39, 0.29) is 17.3 Å². The van der Waals surface area contributed by atoms with Crippen LogP contribution >= 0.6 is 11.8 Å². The minimum Gasteiger partial charge on any atom is -0.461 e. The van der Waals surface area contributed by atoms with Crippen molar-refractivity contribution in [1.82, 2.24) is 0 Å². The molecule has 1 aliphatic heterocycles. The SMILES string of the molecule is O=C1CCCC(C(Sc2ccccc2)c2ccccc2)O1. The van der Waals surface area contributed by atoms with Gasteiger partial charge in [-0.15, -0.1) is 11.8 Å². The molecule has 0 radical (unpaired) electrons. The maximum absolute atomic E-state index is 11.6. The number of hydrogen-bond donors (Lipinski definition) is 0. The number of hydrogen-bond acceptors (Lipinski definition) is 3. The number of rotatable bonds is 4. The van der Waals surface area contributed by atoms with Gasteiger partial charge < -0.3 is 4.74 Å². The predicted molar refractivity (Wildman–Crippen MR) is 85.2 cm³/mol. The topological polar surface area (TPSA) is 26.3 Å². The first-order valence-electron chi connectivity index (χ1n) is 7.29. The van der Waals surface area contributed by atoms with Gasteiger partial charge in [0.1, 0.15) is 6.10 Å². The summed E-state index contributed by atoms with van der Waals surface area (Å²) in [5.74, 6) is -0.0687. The monoisotopic (exact) mass is 298 g/mol. The Labute approximate surface area is 129 Å². The van der Waals surface area contributed by atoms with Gasteiger partial charge in [-0.2, -0.15) is 0 Å². The Morgan fingerprint density at radius 3 is 2.33 bits per heavy atom. The first-order chi connectivity index (χ1) is 10.3. The molecule has 108 valence electrons. The fourth-order valence-electron chi connectivity index (χ4n) is 2.59. The van der Waals surface area contributed by atoms with Gasteiger partial charge in [-0.25, -0.2) is 0 Å². The fourth-order valence-corrected chi connectivity index (χ4v) is 3.84. The average Bonchev–Trinajstić information content (AvgIpc) is 2.54. The van der Waals surface area contributed by atoms with Crippen LogP contribution in [0.25, 0.3) is 0 Å². The molecule has 0 aliphatic carbocycles. The third kappa shape index (κ3) is 3.67. The van der Waals surface area contributed by atoms with E-state index in [1.165, 1.54) is 10.5 Å². The van der Waals surface area contributed by atoms with Gasteiger partial charge in [-0.05, 0) is 30.5 Å². The number of thioether (sulfide) groups is 1. The smallest absolute Gasteiger partial charge is 0.306 e. The third-order valence-corrected chi connectivity index (χ3v) is 5.00. The van der Waals surface area contributed by atoms with Gasteiger partial charge in [0, 0.05) is 11.3 Å². The Bertz CT molecular complexity index is 583. The van der Waals surface area contributed by atoms with Crippen molar-refractivity contribution >= 4 is 17.7 Å². The molecule has 2 unspecified atom stereocenters. The van der Waals surface area contributed by atoms with Gasteiger partial charge in [0.05, 0.1) is 5.25 Å². The second-order valence-corrected chi connectivity index (χ2v) is 6.40. The number of benzene rings is 2. The van der Waals surface area contributed by atoms with Crippen molar-refractivity contribution < 1.29 is 9.53 Å². The summed E-state index contributed by atoms with van der Waals surface area (Å²) in [6, 6.07) is 20.6. The summed E-state index contributed by atoms with van der Waals surface area (Å²) in [6.45, 7) is 0. The quantitative estimate of drug-likeness (QED) is 0.609. The molecule has 0 spiro atoms. The highest BCUT2D eigenvalue weighted by Crippen LogP contribution is 2.41. The van der Waals surface area contributed by atoms with Crippen LogP contribution in [0.15, 0.2) is 65.6 Å². The van der Waals surface area contributed by atoms with E-state index in [1.807, 2.05) is 36.4 Å². The standard InChI is InChI=1S/C18H18O2S/c19-17-13-7-12-16(20-17)18(14-8-3-1-4-9-14)21-15-10-5-2-6-11-15/h1-6,8-11,16,18H,7,12-13H2. The first kappa shape index (κ1) is 14.2. The van der Waals surface area contributed by atoms with E-state index in [2.05, 4.69) is 24.3 Å². The lowest BCUT2D eigenvalue weighted by Crippen LogP contribution is -2.28. The molecule has 0 N–H and O–H groups in total. The lowest BCUT2D eigenvalue weighted by molar-refractivity contribution is -0.153. The molecule has 21 heavy (non-hydrogen) atoms. The van der Waals surface area contributed by atoms with Crippen LogP contribution in [0, 0.1) is 0 Å². The summed E-state index contributed by atoms with van der Waals surface area (Å²) in [5, 5.41) is 0.151. The predicted octanol–water partition coefficient (Wildman–Crippen LogP) is 4.62. The average molecular weight is 298 g/mol. The van der Waals surface area contributed by atoms with Crippen LogP contribution in [0.3, 0.4) is 0 Å². The summed E-state index contributed by atoms with van der Waals surface area (Å²) in [5.41, 5.74) is 1.21. The maximum atomic E-state index is 11.6. The minimum absolute atomic E-state index is 0.0427. The minimum atomic E-state index is -0.0687. The van der Waals surface area contributed by atoms with Gasteiger partial charge in [0.2, 0.25) is 0 Å². The molecule has 0 aromatic heterocycles. The third-order valence-electron chi connectivity index (χ3n) is 3.62. The van der Waals surface area contributed by atoms with Crippen LogP contribution in [-0.2, 0) is 9.53 Å². The van der Waals surface area contributed by atoms with E-state index in [1.54, 1.807) is 11.8 Å². The van der Waals surface area contributed by atoms with Crippen LogP contribution in [0.1, 0.15) is 30.1 Å². The van der Waals surface area contributed by atoms with E-state index in [9.17, 15) is 4.79 Å². The maximum Gasteiger partial charge on any atom is 0.306 e. The molecule has 2 aromatic rings. The largest absolute Gasteiger partial charge is 0.461 e. The molecule has 3 rings (SSSR count). The molecular weight excluding hydrogens is 280 g/mol. The van der Waals surface area contributed by atoms with Crippen molar-refractivity contribution in [3.05, 3.63) is 66.2 Å². The van der Waals surface area contributed by atoms with Crippen molar-refractivity contribution in [1.29, 1.82) is 0 Å². The van der Waals surface area contributed by atoms with Crippen molar-refractivity contribution in [2.24, 2.45) is 0 Å². The highest BCUT2D eigenvalue weighted by molar-refractivity contribution is 7.99. The van der Waals surface area contributed by atoms with Crippen molar-refractivity contribution in [2.75, 3.05) is 0 Å². The Morgan fingerprint density at radius 1 is 1.00 bits per heavy atom. The molecule has 1 aliphatic rings. The summed E-state index contributed by atoms with van der Waals surface area (Å²) in [6.07, 6.45) is 2.36. The van der Waals surface area contributed by atoms with E-state index in [0.29, 0.717) is 6.42 Å². The van der Waals surface area contributed by atoms with E-state index in [0.717, 1.165) is 12.8 Å². The number of carbonyl (C=O) groups excluding carboxylic acids is 1. The molecule has 1 saturated heterocycles. The molecule has 2 aromatic carbocycles. The van der Waals surface area contributed by atoms with Crippen LogP contribution < -0.4 is 0 Å². The number of ether oxygens (including phenoxy) is 1. The highest BCUT2D eigenvalue weighted by Gasteiger charge is 2.30. The van der Waals surface area contributed by atoms with Crippen LogP contribution in [-0.4, -0.2) is 12.1 Å². The lowest BCUT2D eigenvalue weighted by atomic mass is 10.0. The van der Waals surface area contributed by atoms with Crippen LogP contribution in [0.4, 0.5) is 0 Å². The normalized spacial score (nSPS) is 19.8. The van der Waals surface area contributed by atoms with Crippen molar-refractivity contribution in [3.63, 3.8) is 0 Å². The molecule has 3 heteroatoms. The molecule has 0 saturated carbocycles. The zero-order chi connectivity index (χ0) is 14.5. The highest BCUT2D eigenvalue weighted by atomic mass is 32.2. The molecule has 1 fully saturated rings. The Balaban J connectivity index is 1.85. The molecule has 2 atom stereocenters. The van der Waals surface area contributed by atoms with Gasteiger partial charge in [-0.1, -0.05) is 48.5 Å². The Kier molecular flexibility index (Phi) is 4.61. The second kappa shape index (κ2) is 6.81. The summed E-state index contributed by atoms with van der Waals surface area (Å²) < 4.78 is 5.62. The second-order valence-electron chi connectivity index (χ2n) is 5.18. The van der Waals surface area contributed by atoms with E-state index < -0.39 is 0 Å². The van der Waals surface area contributed by atoms with Crippen LogP contribution in [0.5, 0.6) is 0 Å². The molecule has 0 bridgehead atoms. The van der Waals surface area contributed by atoms with Crippen LogP contribution in [0.2, 0.25) is 0 Å². The summed E-state index contributed by atoms with van der Waals surface area (Å²) in [4.78, 5) is 12.8. The zero-order valence-electron chi connectivity index (χ0n) is 11.8. The number of cyclic esters (lactones) is 1.